The van der Waals surface area contributed by atoms with Crippen molar-refractivity contribution in [2.24, 2.45) is 0 Å². The number of ether oxygens (including phenoxy) is 2. The van der Waals surface area contributed by atoms with E-state index >= 15 is 0 Å². The number of fused-ring (bicyclic) bond motifs is 1. The van der Waals surface area contributed by atoms with Crippen LogP contribution in [0.2, 0.25) is 0 Å². The van der Waals surface area contributed by atoms with Gasteiger partial charge in [0.15, 0.2) is 11.5 Å². The van der Waals surface area contributed by atoms with Gasteiger partial charge in [-0.05, 0) is 43.5 Å². The highest BCUT2D eigenvalue weighted by atomic mass is 16.5. The summed E-state index contributed by atoms with van der Waals surface area (Å²) in [6, 6.07) is 3.15. The minimum Gasteiger partial charge on any atom is -0.493 e. The molecule has 8 nitrogen and oxygen atoms in total. The molecule has 1 saturated heterocycles. The minimum absolute atomic E-state index is 0.221. The number of amides is 4. The third-order valence-corrected chi connectivity index (χ3v) is 5.35. The van der Waals surface area contributed by atoms with Crippen LogP contribution in [0.4, 0.5) is 4.79 Å². The molecule has 0 spiro atoms. The molecule has 2 heterocycles. The quantitative estimate of drug-likeness (QED) is 0.747. The van der Waals surface area contributed by atoms with Gasteiger partial charge in [-0.15, -0.1) is 0 Å². The first kappa shape index (κ1) is 19.0. The van der Waals surface area contributed by atoms with E-state index in [1.54, 1.807) is 19.1 Å². The van der Waals surface area contributed by atoms with Crippen molar-refractivity contribution in [2.75, 3.05) is 40.4 Å². The maximum Gasteiger partial charge on any atom is 0.327 e. The first-order valence-corrected chi connectivity index (χ1v) is 9.09. The molecular weight excluding hydrogens is 350 g/mol. The Bertz CT molecular complexity index is 779. The Morgan fingerprint density at radius 1 is 1.07 bits per heavy atom. The number of benzene rings is 1. The Kier molecular flexibility index (Phi) is 5.25. The molecule has 0 unspecified atom stereocenters. The Labute approximate surface area is 158 Å². The highest BCUT2D eigenvalue weighted by Gasteiger charge is 2.39. The lowest BCUT2D eigenvalue weighted by molar-refractivity contribution is -0.154. The van der Waals surface area contributed by atoms with Gasteiger partial charge in [0, 0.05) is 26.2 Å². The van der Waals surface area contributed by atoms with E-state index in [0.717, 1.165) is 16.0 Å². The van der Waals surface area contributed by atoms with Gasteiger partial charge in [-0.3, -0.25) is 14.5 Å². The number of urea groups is 1. The fraction of sp³-hybridized carbons (Fsp3) is 0.526. The topological polar surface area (TPSA) is 79.4 Å². The molecule has 0 bridgehead atoms. The van der Waals surface area contributed by atoms with E-state index in [2.05, 4.69) is 0 Å². The second-order valence-corrected chi connectivity index (χ2v) is 6.65. The summed E-state index contributed by atoms with van der Waals surface area (Å²) in [6.45, 7) is 5.25. The number of nitrogens with zero attached hydrogens (tertiary/aromatic N) is 3. The summed E-state index contributed by atoms with van der Waals surface area (Å²) in [6.07, 6.45) is 0.642. The van der Waals surface area contributed by atoms with Gasteiger partial charge < -0.3 is 19.3 Å². The van der Waals surface area contributed by atoms with Crippen LogP contribution in [0.3, 0.4) is 0 Å². The molecule has 27 heavy (non-hydrogen) atoms. The van der Waals surface area contributed by atoms with E-state index in [1.807, 2.05) is 26.0 Å². The number of piperazine rings is 1. The first-order chi connectivity index (χ1) is 12.9. The molecule has 8 heteroatoms. The molecular formula is C19H25N3O5. The van der Waals surface area contributed by atoms with Crippen LogP contribution in [-0.4, -0.2) is 72.9 Å². The lowest BCUT2D eigenvalue weighted by atomic mass is 9.93. The lowest BCUT2D eigenvalue weighted by Crippen LogP contribution is -2.59. The molecule has 1 atom stereocenters. The number of likely N-dealkylation sites (N-methyl/N-ethyl adjacent to an activating group) is 1. The van der Waals surface area contributed by atoms with Crippen molar-refractivity contribution in [3.8, 4) is 11.5 Å². The van der Waals surface area contributed by atoms with Crippen LogP contribution in [0, 0.1) is 0 Å². The summed E-state index contributed by atoms with van der Waals surface area (Å²) < 4.78 is 10.7. The largest absolute Gasteiger partial charge is 0.493 e. The van der Waals surface area contributed by atoms with Crippen molar-refractivity contribution in [3.05, 3.63) is 23.3 Å². The van der Waals surface area contributed by atoms with Crippen LogP contribution in [0.5, 0.6) is 11.5 Å². The average molecular weight is 375 g/mol. The van der Waals surface area contributed by atoms with Crippen molar-refractivity contribution >= 4 is 17.8 Å². The summed E-state index contributed by atoms with van der Waals surface area (Å²) in [5.74, 6) is -0.119. The third kappa shape index (κ3) is 3.20. The maximum atomic E-state index is 13.0. The Morgan fingerprint density at radius 3 is 2.37 bits per heavy atom. The van der Waals surface area contributed by atoms with Crippen molar-refractivity contribution in [1.82, 2.24) is 14.7 Å². The van der Waals surface area contributed by atoms with Crippen LogP contribution in [0.15, 0.2) is 12.1 Å². The number of hydrogen-bond donors (Lipinski definition) is 0. The van der Waals surface area contributed by atoms with Gasteiger partial charge in [-0.1, -0.05) is 0 Å². The van der Waals surface area contributed by atoms with Gasteiger partial charge in [0.05, 0.1) is 20.3 Å². The molecule has 1 aromatic rings. The molecule has 0 aliphatic carbocycles. The van der Waals surface area contributed by atoms with Gasteiger partial charge in [0.2, 0.25) is 0 Å². The van der Waals surface area contributed by atoms with E-state index < -0.39 is 17.8 Å². The smallest absolute Gasteiger partial charge is 0.327 e. The lowest BCUT2D eigenvalue weighted by Gasteiger charge is -2.40. The first-order valence-electron chi connectivity index (χ1n) is 9.09. The molecule has 1 aromatic carbocycles. The zero-order valence-corrected chi connectivity index (χ0v) is 16.2. The Hall–Kier alpha value is -2.77. The molecule has 2 aliphatic heterocycles. The zero-order valence-electron chi connectivity index (χ0n) is 16.2. The minimum atomic E-state index is -0.751. The number of rotatable bonds is 3. The molecule has 0 N–H and O–H groups in total. The molecule has 1 fully saturated rings. The standard InChI is InChI=1S/C19H25N3O5/c1-5-20-8-9-22(18(24)17(20)23)19(25)21-7-6-13-10-15(26-3)16(27-4)11-14(13)12(21)2/h10-12H,5-9H2,1-4H3/t12-/m1/s1. The fourth-order valence-corrected chi connectivity index (χ4v) is 3.72. The fourth-order valence-electron chi connectivity index (χ4n) is 3.72. The van der Waals surface area contributed by atoms with Gasteiger partial charge in [-0.2, -0.15) is 0 Å². The van der Waals surface area contributed by atoms with Crippen LogP contribution < -0.4 is 9.47 Å². The van der Waals surface area contributed by atoms with Gasteiger partial charge in [0.1, 0.15) is 0 Å². The maximum absolute atomic E-state index is 13.0. The number of imide groups is 1. The monoisotopic (exact) mass is 375 g/mol. The molecule has 0 aromatic heterocycles. The zero-order chi connectivity index (χ0) is 19.7. The molecule has 2 aliphatic rings. The average Bonchev–Trinajstić information content (AvgIpc) is 2.69. The van der Waals surface area contributed by atoms with Gasteiger partial charge in [0.25, 0.3) is 0 Å². The van der Waals surface area contributed by atoms with Gasteiger partial charge >= 0.3 is 17.8 Å². The van der Waals surface area contributed by atoms with Crippen LogP contribution >= 0.6 is 0 Å². The Balaban J connectivity index is 1.84. The number of carbonyl (C=O) groups excluding carboxylic acids is 3. The van der Waals surface area contributed by atoms with Crippen molar-refractivity contribution < 1.29 is 23.9 Å². The number of hydrogen-bond acceptors (Lipinski definition) is 5. The summed E-state index contributed by atoms with van der Waals surface area (Å²) in [5.41, 5.74) is 2.04. The molecule has 146 valence electrons. The normalized spacial score (nSPS) is 19.9. The predicted octanol–water partition coefficient (Wildman–Crippen LogP) is 1.43. The van der Waals surface area contributed by atoms with Crippen LogP contribution in [0.25, 0.3) is 0 Å². The SMILES string of the molecule is CCN1CCN(C(=O)N2CCc3cc(OC)c(OC)cc3[C@H]2C)C(=O)C1=O. The summed E-state index contributed by atoms with van der Waals surface area (Å²) in [5, 5.41) is 0. The second kappa shape index (κ2) is 7.46. The Morgan fingerprint density at radius 2 is 1.74 bits per heavy atom. The van der Waals surface area contributed by atoms with Gasteiger partial charge in [-0.25, -0.2) is 4.79 Å². The number of carbonyl (C=O) groups is 3. The van der Waals surface area contributed by atoms with E-state index in [0.29, 0.717) is 37.6 Å². The van der Waals surface area contributed by atoms with Crippen molar-refractivity contribution in [3.63, 3.8) is 0 Å². The number of methoxy groups -OCH3 is 2. The molecule has 4 amide bonds. The molecule has 0 radical (unpaired) electrons. The molecule has 0 saturated carbocycles. The highest BCUT2D eigenvalue weighted by molar-refractivity contribution is 6.38. The van der Waals surface area contributed by atoms with Crippen molar-refractivity contribution in [2.45, 2.75) is 26.3 Å². The highest BCUT2D eigenvalue weighted by Crippen LogP contribution is 2.38. The van der Waals surface area contributed by atoms with E-state index in [9.17, 15) is 14.4 Å². The summed E-state index contributed by atoms with van der Waals surface area (Å²) in [4.78, 5) is 41.7. The third-order valence-electron chi connectivity index (χ3n) is 5.35. The molecule has 3 rings (SSSR count). The van der Waals surface area contributed by atoms with E-state index in [-0.39, 0.29) is 12.6 Å². The predicted molar refractivity (Wildman–Crippen MR) is 97.7 cm³/mol. The van der Waals surface area contributed by atoms with Crippen LogP contribution in [0.1, 0.15) is 31.0 Å². The second-order valence-electron chi connectivity index (χ2n) is 6.65. The summed E-state index contributed by atoms with van der Waals surface area (Å²) >= 11 is 0. The van der Waals surface area contributed by atoms with Crippen molar-refractivity contribution in [1.29, 1.82) is 0 Å². The summed E-state index contributed by atoms with van der Waals surface area (Å²) in [7, 11) is 3.16. The van der Waals surface area contributed by atoms with E-state index in [4.69, 9.17) is 9.47 Å². The van der Waals surface area contributed by atoms with E-state index in [1.165, 1.54) is 4.90 Å². The van der Waals surface area contributed by atoms with Crippen LogP contribution in [-0.2, 0) is 16.0 Å².